The van der Waals surface area contributed by atoms with Crippen LogP contribution in [0.4, 0.5) is 0 Å². The lowest BCUT2D eigenvalue weighted by molar-refractivity contribution is -0.143. The van der Waals surface area contributed by atoms with E-state index >= 15 is 0 Å². The molecule has 0 fully saturated rings. The summed E-state index contributed by atoms with van der Waals surface area (Å²) in [4.78, 5) is 28.0. The molecule has 2 rings (SSSR count). The number of aromatic nitrogens is 1. The topological polar surface area (TPSA) is 92.4 Å². The number of amides is 1. The van der Waals surface area contributed by atoms with Crippen LogP contribution in [-0.4, -0.2) is 27.5 Å². The monoisotopic (exact) mass is 308 g/mol. The molecule has 7 heteroatoms. The molecule has 1 amide bonds. The van der Waals surface area contributed by atoms with Crippen molar-refractivity contribution in [2.75, 3.05) is 0 Å². The van der Waals surface area contributed by atoms with Gasteiger partial charge in [-0.15, -0.1) is 11.3 Å². The molecule has 0 atom stereocenters. The number of carboxylic acids is 1. The summed E-state index contributed by atoms with van der Waals surface area (Å²) in [7, 11) is 0. The maximum atomic E-state index is 12.2. The Kier molecular flexibility index (Phi) is 3.87. The van der Waals surface area contributed by atoms with Gasteiger partial charge in [-0.2, -0.15) is 0 Å². The van der Waals surface area contributed by atoms with E-state index in [4.69, 9.17) is 9.52 Å². The highest BCUT2D eigenvalue weighted by atomic mass is 32.1. The van der Waals surface area contributed by atoms with Crippen molar-refractivity contribution in [3.8, 4) is 10.8 Å². The predicted molar refractivity (Wildman–Crippen MR) is 78.5 cm³/mol. The van der Waals surface area contributed by atoms with Crippen LogP contribution in [0.1, 0.15) is 35.0 Å². The number of aliphatic carboxylic acids is 1. The molecule has 2 aromatic heterocycles. The summed E-state index contributed by atoms with van der Waals surface area (Å²) in [5, 5.41) is 12.1. The third kappa shape index (κ3) is 3.13. The van der Waals surface area contributed by atoms with Crippen LogP contribution >= 0.6 is 11.3 Å². The van der Waals surface area contributed by atoms with Crippen molar-refractivity contribution in [2.45, 2.75) is 33.2 Å². The number of nitrogens with zero attached hydrogens (tertiary/aromatic N) is 1. The lowest BCUT2D eigenvalue weighted by atomic mass is 10.1. The molecular weight excluding hydrogens is 292 g/mol. The summed E-state index contributed by atoms with van der Waals surface area (Å²) >= 11 is 1.18. The number of carbonyl (C=O) groups excluding carboxylic acids is 1. The number of aryl methyl sites for hydroxylation is 2. The van der Waals surface area contributed by atoms with Crippen molar-refractivity contribution in [3.05, 3.63) is 28.5 Å². The van der Waals surface area contributed by atoms with Gasteiger partial charge in [0.1, 0.15) is 16.2 Å². The first-order chi connectivity index (χ1) is 9.70. The van der Waals surface area contributed by atoms with Crippen LogP contribution < -0.4 is 5.32 Å². The average Bonchev–Trinajstić information content (AvgIpc) is 2.94. The van der Waals surface area contributed by atoms with Crippen molar-refractivity contribution in [1.29, 1.82) is 0 Å². The largest absolute Gasteiger partial charge is 0.480 e. The lowest BCUT2D eigenvalue weighted by Gasteiger charge is -2.20. The van der Waals surface area contributed by atoms with E-state index in [-0.39, 0.29) is 0 Å². The maximum Gasteiger partial charge on any atom is 0.328 e. The van der Waals surface area contributed by atoms with Crippen LogP contribution in [0.25, 0.3) is 10.8 Å². The Labute approximate surface area is 125 Å². The number of nitrogens with one attached hydrogen (secondary N) is 1. The summed E-state index contributed by atoms with van der Waals surface area (Å²) in [5.41, 5.74) is -0.794. The number of thiazole rings is 1. The molecule has 0 spiro atoms. The molecular formula is C14H16N2O4S. The van der Waals surface area contributed by atoms with Crippen molar-refractivity contribution >= 4 is 23.2 Å². The first-order valence-corrected chi connectivity index (χ1v) is 7.12. The smallest absolute Gasteiger partial charge is 0.328 e. The molecule has 6 nitrogen and oxygen atoms in total. The Balaban J connectivity index is 2.27. The van der Waals surface area contributed by atoms with Crippen LogP contribution in [0.3, 0.4) is 0 Å². The molecule has 0 unspecified atom stereocenters. The summed E-state index contributed by atoms with van der Waals surface area (Å²) in [6.45, 7) is 6.40. The van der Waals surface area contributed by atoms with Crippen molar-refractivity contribution in [2.24, 2.45) is 0 Å². The van der Waals surface area contributed by atoms with Gasteiger partial charge >= 0.3 is 5.97 Å². The molecule has 2 N–H and O–H groups in total. The fourth-order valence-electron chi connectivity index (χ4n) is 1.66. The zero-order valence-electron chi connectivity index (χ0n) is 12.2. The van der Waals surface area contributed by atoms with Gasteiger partial charge in [0.05, 0.1) is 5.69 Å². The van der Waals surface area contributed by atoms with E-state index in [0.29, 0.717) is 21.3 Å². The lowest BCUT2D eigenvalue weighted by Crippen LogP contribution is -2.49. The van der Waals surface area contributed by atoms with Gasteiger partial charge in [0.2, 0.25) is 0 Å². The van der Waals surface area contributed by atoms with Crippen molar-refractivity contribution in [1.82, 2.24) is 10.3 Å². The van der Waals surface area contributed by atoms with E-state index in [1.807, 2.05) is 13.0 Å². The second-order valence-electron chi connectivity index (χ2n) is 5.23. The number of carboxylic acid groups (broad SMARTS) is 1. The Bertz CT molecular complexity index is 700. The highest BCUT2D eigenvalue weighted by Crippen LogP contribution is 2.29. The standard InChI is InChI=1S/C14H16N2O4S/c1-7-5-6-9(20-7)12-15-8(2)10(21-12)11(17)16-14(3,4)13(18)19/h5-6H,1-4H3,(H,16,17)(H,18,19). The average molecular weight is 308 g/mol. The Morgan fingerprint density at radius 1 is 1.33 bits per heavy atom. The van der Waals surface area contributed by atoms with Gasteiger partial charge in [-0.3, -0.25) is 4.79 Å². The number of carbonyl (C=O) groups is 2. The molecule has 21 heavy (non-hydrogen) atoms. The van der Waals surface area contributed by atoms with Crippen LogP contribution in [0.2, 0.25) is 0 Å². The van der Waals surface area contributed by atoms with Crippen LogP contribution in [0.15, 0.2) is 16.5 Å². The number of hydrogen-bond donors (Lipinski definition) is 2. The van der Waals surface area contributed by atoms with E-state index in [9.17, 15) is 9.59 Å². The predicted octanol–water partition coefficient (Wildman–Crippen LogP) is 2.61. The fraction of sp³-hybridized carbons (Fsp3) is 0.357. The van der Waals surface area contributed by atoms with Crippen LogP contribution in [-0.2, 0) is 4.79 Å². The zero-order valence-corrected chi connectivity index (χ0v) is 13.0. The van der Waals surface area contributed by atoms with Gasteiger partial charge in [-0.05, 0) is 39.8 Å². The second-order valence-corrected chi connectivity index (χ2v) is 6.23. The summed E-state index contributed by atoms with van der Waals surface area (Å²) in [6, 6.07) is 3.61. The molecule has 2 aromatic rings. The first kappa shape index (κ1) is 15.2. The Morgan fingerprint density at radius 2 is 2.00 bits per heavy atom. The number of rotatable bonds is 4. The Morgan fingerprint density at radius 3 is 2.52 bits per heavy atom. The quantitative estimate of drug-likeness (QED) is 0.905. The number of hydrogen-bond acceptors (Lipinski definition) is 5. The summed E-state index contributed by atoms with van der Waals surface area (Å²) in [6.07, 6.45) is 0. The minimum Gasteiger partial charge on any atom is -0.480 e. The molecule has 112 valence electrons. The van der Waals surface area contributed by atoms with E-state index < -0.39 is 17.4 Å². The first-order valence-electron chi connectivity index (χ1n) is 6.31. The van der Waals surface area contributed by atoms with Gasteiger partial charge in [-0.1, -0.05) is 0 Å². The van der Waals surface area contributed by atoms with Crippen molar-refractivity contribution < 1.29 is 19.1 Å². The van der Waals surface area contributed by atoms with Gasteiger partial charge in [0.25, 0.3) is 5.91 Å². The molecule has 0 aliphatic heterocycles. The molecule has 0 aliphatic rings. The molecule has 0 bridgehead atoms. The maximum absolute atomic E-state index is 12.2. The molecule has 2 heterocycles. The minimum atomic E-state index is -1.34. The van der Waals surface area contributed by atoms with Gasteiger partial charge in [-0.25, -0.2) is 9.78 Å². The number of furan rings is 1. The van der Waals surface area contributed by atoms with E-state index in [1.54, 1.807) is 13.0 Å². The molecule has 0 aliphatic carbocycles. The second kappa shape index (κ2) is 5.33. The highest BCUT2D eigenvalue weighted by Gasteiger charge is 2.31. The Hall–Kier alpha value is -2.15. The van der Waals surface area contributed by atoms with E-state index in [2.05, 4.69) is 10.3 Å². The SMILES string of the molecule is Cc1ccc(-c2nc(C)c(C(=O)NC(C)(C)C(=O)O)s2)o1. The zero-order chi connectivity index (χ0) is 15.8. The van der Waals surface area contributed by atoms with Gasteiger partial charge in [0.15, 0.2) is 10.8 Å². The van der Waals surface area contributed by atoms with Crippen LogP contribution in [0.5, 0.6) is 0 Å². The fourth-order valence-corrected chi connectivity index (χ4v) is 2.58. The van der Waals surface area contributed by atoms with Crippen LogP contribution in [0, 0.1) is 13.8 Å². The molecule has 0 aromatic carbocycles. The molecule has 0 saturated carbocycles. The van der Waals surface area contributed by atoms with E-state index in [0.717, 1.165) is 5.76 Å². The normalized spacial score (nSPS) is 11.4. The van der Waals surface area contributed by atoms with Crippen molar-refractivity contribution in [3.63, 3.8) is 0 Å². The molecule has 0 radical (unpaired) electrons. The van der Waals surface area contributed by atoms with E-state index in [1.165, 1.54) is 25.2 Å². The third-order valence-corrected chi connectivity index (χ3v) is 4.09. The highest BCUT2D eigenvalue weighted by molar-refractivity contribution is 7.17. The minimum absolute atomic E-state index is 0.383. The summed E-state index contributed by atoms with van der Waals surface area (Å²) in [5.74, 6) is -0.195. The third-order valence-electron chi connectivity index (χ3n) is 2.91. The summed E-state index contributed by atoms with van der Waals surface area (Å²) < 4.78 is 5.48. The van der Waals surface area contributed by atoms with Gasteiger partial charge in [0, 0.05) is 0 Å². The molecule has 0 saturated heterocycles. The van der Waals surface area contributed by atoms with Gasteiger partial charge < -0.3 is 14.8 Å².